The van der Waals surface area contributed by atoms with Crippen molar-refractivity contribution in [3.05, 3.63) is 303 Å². The van der Waals surface area contributed by atoms with Gasteiger partial charge in [-0.1, -0.05) is 182 Å². The maximum atomic E-state index is 5.35. The van der Waals surface area contributed by atoms with Gasteiger partial charge in [0.25, 0.3) is 0 Å². The van der Waals surface area contributed by atoms with Crippen LogP contribution in [-0.2, 0) is 0 Å². The molecule has 8 nitrogen and oxygen atoms in total. The summed E-state index contributed by atoms with van der Waals surface area (Å²) in [5.41, 5.74) is 14.8. The Morgan fingerprint density at radius 3 is 0.971 bits per heavy atom. The monoisotopic (exact) mass is 1370 g/mol. The molecular weight excluding hydrogens is 1320 g/mol. The van der Waals surface area contributed by atoms with Crippen LogP contribution < -0.4 is 0 Å². The molecule has 0 aliphatic heterocycles. The Morgan fingerprint density at radius 2 is 0.490 bits per heavy atom. The molecule has 0 aliphatic rings. The number of para-hydroxylation sites is 3. The molecule has 12 heteroatoms. The van der Waals surface area contributed by atoms with Crippen LogP contribution in [0.15, 0.2) is 303 Å². The van der Waals surface area contributed by atoms with Crippen LogP contribution in [-0.4, -0.2) is 39.0 Å². The second-order valence-electron chi connectivity index (χ2n) is 26.1. The molecule has 0 N–H and O–H groups in total. The highest BCUT2D eigenvalue weighted by Crippen LogP contribution is 2.48. The molecule has 0 radical (unpaired) electrons. The molecule has 0 saturated carbocycles. The summed E-state index contributed by atoms with van der Waals surface area (Å²) in [6, 6.07) is 109. The predicted molar refractivity (Wildman–Crippen MR) is 431 cm³/mol. The second kappa shape index (κ2) is 22.5. The van der Waals surface area contributed by atoms with E-state index < -0.39 is 0 Å². The van der Waals surface area contributed by atoms with Gasteiger partial charge in [-0.25, -0.2) is 29.9 Å². The van der Waals surface area contributed by atoms with E-state index in [0.717, 1.165) is 61.2 Å². The van der Waals surface area contributed by atoms with E-state index in [4.69, 9.17) is 29.9 Å². The van der Waals surface area contributed by atoms with Crippen molar-refractivity contribution in [1.82, 2.24) is 39.0 Å². The Hall–Kier alpha value is -12.4. The van der Waals surface area contributed by atoms with Crippen molar-refractivity contribution in [1.29, 1.82) is 0 Å². The molecule has 8 aromatic heterocycles. The van der Waals surface area contributed by atoms with Crippen molar-refractivity contribution in [2.24, 2.45) is 0 Å². The average Bonchev–Trinajstić information content (AvgIpc) is 1.60. The number of hydrogen-bond donors (Lipinski definition) is 0. The second-order valence-corrected chi connectivity index (χ2v) is 30.4. The first-order valence-corrected chi connectivity index (χ1v) is 37.2. The Kier molecular flexibility index (Phi) is 12.7. The number of fused-ring (bicyclic) bond motifs is 19. The van der Waals surface area contributed by atoms with Crippen LogP contribution in [0.2, 0.25) is 0 Å². The van der Waals surface area contributed by atoms with Crippen LogP contribution in [0, 0.1) is 0 Å². The topological polar surface area (TPSA) is 87.2 Å². The fourth-order valence-electron chi connectivity index (χ4n) is 15.4. The molecule has 0 aliphatic carbocycles. The summed E-state index contributed by atoms with van der Waals surface area (Å²) in [7, 11) is 0. The minimum atomic E-state index is 0.617. The summed E-state index contributed by atoms with van der Waals surface area (Å²) >= 11 is 7.43. The number of rotatable bonds is 9. The third kappa shape index (κ3) is 9.10. The molecule has 22 rings (SSSR count). The van der Waals surface area contributed by atoms with Crippen molar-refractivity contribution in [3.63, 3.8) is 0 Å². The summed E-state index contributed by atoms with van der Waals surface area (Å²) in [6.45, 7) is 0. The molecule has 0 fully saturated rings. The number of thiophene rings is 4. The van der Waals surface area contributed by atoms with Gasteiger partial charge >= 0.3 is 0 Å². The zero-order valence-corrected chi connectivity index (χ0v) is 57.3. The lowest BCUT2D eigenvalue weighted by molar-refractivity contribution is 1.07. The van der Waals surface area contributed by atoms with E-state index in [1.807, 2.05) is 99.9 Å². The summed E-state index contributed by atoms with van der Waals surface area (Å²) in [5, 5.41) is 14.8. The minimum Gasteiger partial charge on any atom is -0.309 e. The molecule has 102 heavy (non-hydrogen) atoms. The molecule has 0 atom stereocenters. The first kappa shape index (κ1) is 57.5. The van der Waals surface area contributed by atoms with Gasteiger partial charge in [0.2, 0.25) is 0 Å². The molecule has 474 valence electrons. The van der Waals surface area contributed by atoms with Gasteiger partial charge in [-0.2, -0.15) is 0 Å². The van der Waals surface area contributed by atoms with Gasteiger partial charge in [0.15, 0.2) is 34.9 Å². The number of nitrogens with zero attached hydrogens (tertiary/aromatic N) is 8. The van der Waals surface area contributed by atoms with Crippen molar-refractivity contribution >= 4 is 170 Å². The highest BCUT2D eigenvalue weighted by atomic mass is 32.1. The van der Waals surface area contributed by atoms with Gasteiger partial charge in [0, 0.05) is 138 Å². The van der Waals surface area contributed by atoms with Crippen LogP contribution in [0.3, 0.4) is 0 Å². The molecule has 0 spiro atoms. The average molecular weight is 1370 g/mol. The molecule has 8 heterocycles. The summed E-state index contributed by atoms with van der Waals surface area (Å²) in [5.74, 6) is 3.83. The van der Waals surface area contributed by atoms with Gasteiger partial charge in [0.1, 0.15) is 0 Å². The van der Waals surface area contributed by atoms with Gasteiger partial charge < -0.3 is 9.13 Å². The van der Waals surface area contributed by atoms with E-state index in [-0.39, 0.29) is 0 Å². The van der Waals surface area contributed by atoms with Crippen LogP contribution in [0.4, 0.5) is 0 Å². The molecule has 0 amide bonds. The highest BCUT2D eigenvalue weighted by Gasteiger charge is 2.23. The SMILES string of the molecule is c1ccc(-c2nc(-c3cccc(-c4ccc5c(c4)c4ccccc4n5-c4ccc5sc6c(ccc7c8cc(-c9nc(-c%10ccccc%10)nc(-c%10ccccc%10)n9)ccc8sc76)c5c4)c3)nc(-c3ccc4sc5cc6c(cc5c4c3)sc3ccc(-n4c5ccccc5c5ccccc54)cc36)n2)cc1. The largest absolute Gasteiger partial charge is 0.309 e. The smallest absolute Gasteiger partial charge is 0.164 e. The van der Waals surface area contributed by atoms with Crippen molar-refractivity contribution < 1.29 is 0 Å². The Morgan fingerprint density at radius 1 is 0.176 bits per heavy atom. The number of aromatic nitrogens is 8. The first-order chi connectivity index (χ1) is 50.5. The van der Waals surface area contributed by atoms with E-state index in [1.54, 1.807) is 0 Å². The van der Waals surface area contributed by atoms with Crippen molar-refractivity contribution in [2.45, 2.75) is 0 Å². The Balaban J connectivity index is 0.603. The molecular formula is C90H50N8S4. The van der Waals surface area contributed by atoms with Crippen LogP contribution in [0.1, 0.15) is 0 Å². The highest BCUT2D eigenvalue weighted by molar-refractivity contribution is 7.33. The maximum absolute atomic E-state index is 5.35. The lowest BCUT2D eigenvalue weighted by Crippen LogP contribution is -2.00. The third-order valence-corrected chi connectivity index (χ3v) is 25.0. The molecule has 0 unspecified atom stereocenters. The standard InChI is InChI=1S/C90H50N8S4/c1-4-17-51(18-5-1)85-91-86(52-19-6-2-7-20-52)94-89(93-85)57-33-40-79-67(45-57)64-36-37-65-69-47-59(35-42-80(69)102-84(65)83(64)101-79)98-75-30-15-12-27-63(75)66-44-55(31-38-76(66)98)54-23-16-24-56(43-54)88-92-87(53-21-8-3-9-22-53)95-90(96-88)58-32-39-77-68(46-58)71-49-82-72(50-81(71)99-77)70-48-60(34-41-78(70)100-82)97-73-28-13-10-25-61(73)62-26-11-14-29-74(62)97/h1-50H. The zero-order valence-electron chi connectivity index (χ0n) is 54.1. The predicted octanol–water partition coefficient (Wildman–Crippen LogP) is 25.4. The van der Waals surface area contributed by atoms with E-state index in [2.05, 4.69) is 258 Å². The van der Waals surface area contributed by atoms with E-state index >= 15 is 0 Å². The van der Waals surface area contributed by atoms with Crippen molar-refractivity contribution in [3.8, 4) is 90.8 Å². The molecule has 14 aromatic carbocycles. The van der Waals surface area contributed by atoms with Gasteiger partial charge in [-0.05, 0) is 132 Å². The maximum Gasteiger partial charge on any atom is 0.164 e. The van der Waals surface area contributed by atoms with Gasteiger partial charge in [-0.3, -0.25) is 0 Å². The third-order valence-electron chi connectivity index (χ3n) is 20.2. The van der Waals surface area contributed by atoms with Crippen LogP contribution >= 0.6 is 45.3 Å². The Labute approximate surface area is 598 Å². The zero-order chi connectivity index (χ0) is 66.7. The van der Waals surface area contributed by atoms with E-state index in [0.29, 0.717) is 34.9 Å². The fraction of sp³-hybridized carbons (Fsp3) is 0. The van der Waals surface area contributed by atoms with Crippen molar-refractivity contribution in [2.75, 3.05) is 0 Å². The quantitative estimate of drug-likeness (QED) is 0.143. The number of benzene rings is 14. The fourth-order valence-corrected chi connectivity index (χ4v) is 20.1. The normalized spacial score (nSPS) is 12.1. The molecule has 0 bridgehead atoms. The summed E-state index contributed by atoms with van der Waals surface area (Å²) in [6.07, 6.45) is 0. The molecule has 0 saturated heterocycles. The van der Waals surface area contributed by atoms with Gasteiger partial charge in [-0.15, -0.1) is 45.3 Å². The summed E-state index contributed by atoms with van der Waals surface area (Å²) < 4.78 is 15.0. The lowest BCUT2D eigenvalue weighted by Gasteiger charge is -2.11. The van der Waals surface area contributed by atoms with Crippen LogP contribution in [0.25, 0.3) is 215 Å². The van der Waals surface area contributed by atoms with E-state index in [9.17, 15) is 0 Å². The Bertz CT molecular complexity index is 7150. The van der Waals surface area contributed by atoms with E-state index in [1.165, 1.54) is 119 Å². The first-order valence-electron chi connectivity index (χ1n) is 33.9. The number of hydrogen-bond acceptors (Lipinski definition) is 10. The van der Waals surface area contributed by atoms with Gasteiger partial charge in [0.05, 0.1) is 31.5 Å². The lowest BCUT2D eigenvalue weighted by atomic mass is 10.0. The minimum absolute atomic E-state index is 0.617. The molecule has 22 aromatic rings. The van der Waals surface area contributed by atoms with Crippen LogP contribution in [0.5, 0.6) is 0 Å². The summed E-state index contributed by atoms with van der Waals surface area (Å²) in [4.78, 5) is 30.9.